The summed E-state index contributed by atoms with van der Waals surface area (Å²) in [5.74, 6) is 0.144. The van der Waals surface area contributed by atoms with Crippen LogP contribution >= 0.6 is 11.8 Å². The van der Waals surface area contributed by atoms with E-state index in [2.05, 4.69) is 4.98 Å². The molecule has 0 aromatic carbocycles. The van der Waals surface area contributed by atoms with Crippen molar-refractivity contribution in [2.45, 2.75) is 24.5 Å². The molecule has 0 bridgehead atoms. The molecule has 0 aliphatic carbocycles. The van der Waals surface area contributed by atoms with E-state index in [9.17, 15) is 9.90 Å². The summed E-state index contributed by atoms with van der Waals surface area (Å²) in [4.78, 5) is 15.6. The summed E-state index contributed by atoms with van der Waals surface area (Å²) in [5, 5.41) is 9.35. The van der Waals surface area contributed by atoms with Crippen LogP contribution in [0.3, 0.4) is 0 Å². The number of nitrogens with zero attached hydrogens (tertiary/aromatic N) is 1. The number of carboxylic acid groups (broad SMARTS) is 1. The first-order valence-electron chi connectivity index (χ1n) is 4.96. The van der Waals surface area contributed by atoms with Gasteiger partial charge in [-0.05, 0) is 43.2 Å². The molecule has 1 aromatic heterocycles. The van der Waals surface area contributed by atoms with Crippen molar-refractivity contribution in [3.63, 3.8) is 0 Å². The normalized spacial score (nSPS) is 25.4. The Morgan fingerprint density at radius 1 is 1.67 bits per heavy atom. The van der Waals surface area contributed by atoms with Crippen LogP contribution in [0.25, 0.3) is 0 Å². The van der Waals surface area contributed by atoms with E-state index in [0.717, 1.165) is 17.7 Å². The molecule has 2 rings (SSSR count). The molecule has 2 heterocycles. The van der Waals surface area contributed by atoms with E-state index in [1.165, 1.54) is 11.8 Å². The minimum Gasteiger partial charge on any atom is -0.480 e. The first kappa shape index (κ1) is 10.5. The van der Waals surface area contributed by atoms with Crippen LogP contribution in [0.4, 0.5) is 0 Å². The summed E-state index contributed by atoms with van der Waals surface area (Å²) < 4.78 is -0.800. The lowest BCUT2D eigenvalue weighted by molar-refractivity contribution is -0.140. The fourth-order valence-electron chi connectivity index (χ4n) is 1.88. The van der Waals surface area contributed by atoms with Crippen LogP contribution in [0.5, 0.6) is 0 Å². The third-order valence-electron chi connectivity index (χ3n) is 2.70. The Hall–Kier alpha value is -1.03. The SMILES string of the molecule is Cc1ccnc(C2(C(=O)O)CCCS2)c1. The molecular weight excluding hydrogens is 210 g/mol. The predicted octanol–water partition coefficient (Wildman–Crippen LogP) is 2.20. The Morgan fingerprint density at radius 3 is 3.00 bits per heavy atom. The Labute approximate surface area is 92.9 Å². The maximum atomic E-state index is 11.4. The van der Waals surface area contributed by atoms with Crippen LogP contribution in [-0.4, -0.2) is 21.8 Å². The molecule has 1 aromatic rings. The quantitative estimate of drug-likeness (QED) is 0.835. The Kier molecular flexibility index (Phi) is 2.69. The highest BCUT2D eigenvalue weighted by Gasteiger charge is 2.45. The molecule has 1 fully saturated rings. The van der Waals surface area contributed by atoms with Gasteiger partial charge in [0, 0.05) is 6.20 Å². The van der Waals surface area contributed by atoms with Gasteiger partial charge in [-0.25, -0.2) is 0 Å². The standard InChI is InChI=1S/C11H13NO2S/c1-8-3-5-12-9(7-8)11(10(13)14)4-2-6-15-11/h3,5,7H,2,4,6H2,1H3,(H,13,14). The number of pyridine rings is 1. The van der Waals surface area contributed by atoms with E-state index in [1.807, 2.05) is 19.1 Å². The van der Waals surface area contributed by atoms with Crippen LogP contribution in [0.15, 0.2) is 18.3 Å². The lowest BCUT2D eigenvalue weighted by Crippen LogP contribution is -2.30. The lowest BCUT2D eigenvalue weighted by Gasteiger charge is -2.22. The molecule has 1 aliphatic rings. The maximum absolute atomic E-state index is 11.4. The van der Waals surface area contributed by atoms with Crippen molar-refractivity contribution >= 4 is 17.7 Å². The molecule has 3 nitrogen and oxygen atoms in total. The Balaban J connectivity index is 2.45. The molecule has 0 saturated carbocycles. The number of carboxylic acids is 1. The summed E-state index contributed by atoms with van der Waals surface area (Å²) in [7, 11) is 0. The maximum Gasteiger partial charge on any atom is 0.325 e. The van der Waals surface area contributed by atoms with Gasteiger partial charge in [-0.3, -0.25) is 9.78 Å². The fraction of sp³-hybridized carbons (Fsp3) is 0.455. The smallest absolute Gasteiger partial charge is 0.325 e. The minimum atomic E-state index is -0.800. The molecule has 15 heavy (non-hydrogen) atoms. The van der Waals surface area contributed by atoms with Gasteiger partial charge in [0.25, 0.3) is 0 Å². The van der Waals surface area contributed by atoms with Crippen LogP contribution in [0.2, 0.25) is 0 Å². The van der Waals surface area contributed by atoms with Crippen LogP contribution in [-0.2, 0) is 9.54 Å². The summed E-state index contributed by atoms with van der Waals surface area (Å²) in [6.07, 6.45) is 3.32. The van der Waals surface area contributed by atoms with Gasteiger partial charge in [-0.15, -0.1) is 11.8 Å². The largest absolute Gasteiger partial charge is 0.480 e. The molecule has 4 heteroatoms. The van der Waals surface area contributed by atoms with E-state index in [-0.39, 0.29) is 0 Å². The summed E-state index contributed by atoms with van der Waals surface area (Å²) >= 11 is 1.50. The zero-order valence-corrected chi connectivity index (χ0v) is 9.38. The van der Waals surface area contributed by atoms with Crippen molar-refractivity contribution in [3.05, 3.63) is 29.6 Å². The van der Waals surface area contributed by atoms with Crippen molar-refractivity contribution in [2.75, 3.05) is 5.75 Å². The number of hydrogen-bond acceptors (Lipinski definition) is 3. The van der Waals surface area contributed by atoms with Gasteiger partial charge < -0.3 is 5.11 Å². The number of rotatable bonds is 2. The summed E-state index contributed by atoms with van der Waals surface area (Å²) in [6, 6.07) is 3.77. The van der Waals surface area contributed by atoms with E-state index in [4.69, 9.17) is 0 Å². The summed E-state index contributed by atoms with van der Waals surface area (Å²) in [5.41, 5.74) is 1.76. The van der Waals surface area contributed by atoms with Crippen molar-refractivity contribution in [1.82, 2.24) is 4.98 Å². The lowest BCUT2D eigenvalue weighted by atomic mass is 9.97. The predicted molar refractivity (Wildman–Crippen MR) is 60.0 cm³/mol. The zero-order chi connectivity index (χ0) is 10.9. The van der Waals surface area contributed by atoms with E-state index >= 15 is 0 Å². The minimum absolute atomic E-state index is 0.684. The molecule has 1 unspecified atom stereocenters. The highest BCUT2D eigenvalue weighted by Crippen LogP contribution is 2.46. The molecule has 80 valence electrons. The van der Waals surface area contributed by atoms with E-state index in [0.29, 0.717) is 12.1 Å². The van der Waals surface area contributed by atoms with Gasteiger partial charge in [0.05, 0.1) is 5.69 Å². The molecule has 0 radical (unpaired) electrons. The Morgan fingerprint density at radius 2 is 2.47 bits per heavy atom. The van der Waals surface area contributed by atoms with Gasteiger partial charge in [0.2, 0.25) is 0 Å². The van der Waals surface area contributed by atoms with Gasteiger partial charge >= 0.3 is 5.97 Å². The van der Waals surface area contributed by atoms with Crippen molar-refractivity contribution in [1.29, 1.82) is 0 Å². The Bertz CT molecular complexity index is 386. The van der Waals surface area contributed by atoms with Crippen LogP contribution in [0.1, 0.15) is 24.1 Å². The van der Waals surface area contributed by atoms with E-state index < -0.39 is 10.7 Å². The highest BCUT2D eigenvalue weighted by molar-refractivity contribution is 8.01. The zero-order valence-electron chi connectivity index (χ0n) is 8.56. The average molecular weight is 223 g/mol. The van der Waals surface area contributed by atoms with Gasteiger partial charge in [-0.2, -0.15) is 0 Å². The molecule has 0 spiro atoms. The number of carbonyl (C=O) groups is 1. The van der Waals surface area contributed by atoms with Gasteiger partial charge in [-0.1, -0.05) is 0 Å². The number of aryl methyl sites for hydroxylation is 1. The topological polar surface area (TPSA) is 50.2 Å². The first-order chi connectivity index (χ1) is 7.15. The highest BCUT2D eigenvalue weighted by atomic mass is 32.2. The van der Waals surface area contributed by atoms with Crippen molar-refractivity contribution in [3.8, 4) is 0 Å². The second-order valence-electron chi connectivity index (χ2n) is 3.80. The second kappa shape index (κ2) is 3.85. The summed E-state index contributed by atoms with van der Waals surface area (Å²) in [6.45, 7) is 1.96. The second-order valence-corrected chi connectivity index (χ2v) is 5.20. The van der Waals surface area contributed by atoms with Crippen molar-refractivity contribution in [2.24, 2.45) is 0 Å². The van der Waals surface area contributed by atoms with Crippen molar-refractivity contribution < 1.29 is 9.90 Å². The van der Waals surface area contributed by atoms with Crippen LogP contribution < -0.4 is 0 Å². The number of hydrogen-bond donors (Lipinski definition) is 1. The molecule has 1 atom stereocenters. The third kappa shape index (κ3) is 1.74. The monoisotopic (exact) mass is 223 g/mol. The molecule has 1 aliphatic heterocycles. The molecule has 0 amide bonds. The number of aliphatic carboxylic acids is 1. The van der Waals surface area contributed by atoms with Gasteiger partial charge in [0.1, 0.15) is 0 Å². The number of thioether (sulfide) groups is 1. The molecule has 1 saturated heterocycles. The average Bonchev–Trinajstić information content (AvgIpc) is 2.67. The number of aromatic nitrogens is 1. The molecular formula is C11H13NO2S. The van der Waals surface area contributed by atoms with Crippen LogP contribution in [0, 0.1) is 6.92 Å². The fourth-order valence-corrected chi connectivity index (χ4v) is 3.19. The molecule has 1 N–H and O–H groups in total. The first-order valence-corrected chi connectivity index (χ1v) is 5.94. The third-order valence-corrected chi connectivity index (χ3v) is 4.27. The van der Waals surface area contributed by atoms with E-state index in [1.54, 1.807) is 6.20 Å². The van der Waals surface area contributed by atoms with Gasteiger partial charge in [0.15, 0.2) is 4.75 Å².